The summed E-state index contributed by atoms with van der Waals surface area (Å²) in [6, 6.07) is 92.9. The maximum absolute atomic E-state index is 14.5. The van der Waals surface area contributed by atoms with E-state index in [1.165, 1.54) is 41.7 Å². The summed E-state index contributed by atoms with van der Waals surface area (Å²) in [5.74, 6) is 1.14. The van der Waals surface area contributed by atoms with Gasteiger partial charge in [-0.25, -0.2) is 34.1 Å². The molecule has 145 heavy (non-hydrogen) atoms. The van der Waals surface area contributed by atoms with Crippen LogP contribution in [0.15, 0.2) is 332 Å². The van der Waals surface area contributed by atoms with Crippen LogP contribution in [0.4, 0.5) is 13.6 Å². The molecule has 5 atom stereocenters. The third-order valence-corrected chi connectivity index (χ3v) is 29.4. The van der Waals surface area contributed by atoms with Gasteiger partial charge in [-0.05, 0) is 210 Å². The van der Waals surface area contributed by atoms with Crippen molar-refractivity contribution in [3.8, 4) is 62.4 Å². The van der Waals surface area contributed by atoms with E-state index in [-0.39, 0.29) is 76.7 Å². The molecule has 11 N–H and O–H groups in total. The van der Waals surface area contributed by atoms with Crippen LogP contribution in [0, 0.1) is 39.5 Å². The molecule has 2 unspecified atom stereocenters. The first-order valence-electron chi connectivity index (χ1n) is 46.4. The summed E-state index contributed by atoms with van der Waals surface area (Å²) < 4.78 is 45.6. The van der Waals surface area contributed by atoms with Gasteiger partial charge in [-0.2, -0.15) is 14.9 Å². The number of hydrogen-bond acceptors (Lipinski definition) is 24. The number of amides is 6. The number of nitriles is 2. The SMILES string of the molecule is CN1C(=O)C(C/C=C/c2ccccc2F)[C@@](C)(c2cc(-c3cccc(C#N)c3)cs2)N=C1N.CN1C(=O)C(c2ccccc2)(c2cccc(-c3cccc(CNC(=O)OC(C)(C)C)c3)c2)N=C1N.CN1C(=O)C[C@@](C)(c2cc(-c3cccc(C#N)c3)c(F)s2)N=C1N.COc1ccc(-c2cccc3cc([C@]4(C)CC(=O)N(C)C(N)=N4)sc23)cc1.NC1=NC(c2ccccc2)(c2ccccc2)C(=O)N1CCc1ccco1. The lowest BCUT2D eigenvalue weighted by Crippen LogP contribution is -2.53. The molecular formula is C113H108F2N18O9S3. The number of carbonyl (C=O) groups is 6. The second kappa shape index (κ2) is 43.3. The van der Waals surface area contributed by atoms with Crippen molar-refractivity contribution in [2.45, 2.75) is 107 Å². The van der Waals surface area contributed by atoms with Crippen molar-refractivity contribution in [1.82, 2.24) is 29.8 Å². The number of thiophene rings is 3. The average molecular weight is 2000 g/mol. The number of guanidine groups is 5. The Labute approximate surface area is 851 Å². The number of carbonyl (C=O) groups excluding carboxylic acids is 6. The Morgan fingerprint density at radius 2 is 1.04 bits per heavy atom. The Morgan fingerprint density at radius 1 is 0.517 bits per heavy atom. The van der Waals surface area contributed by atoms with Crippen LogP contribution in [-0.2, 0) is 69.4 Å². The Morgan fingerprint density at radius 3 is 1.61 bits per heavy atom. The van der Waals surface area contributed by atoms with Gasteiger partial charge in [0.2, 0.25) is 17.7 Å². The number of rotatable bonds is 20. The summed E-state index contributed by atoms with van der Waals surface area (Å²) in [7, 11) is 8.14. The van der Waals surface area contributed by atoms with Crippen LogP contribution >= 0.6 is 34.0 Å². The van der Waals surface area contributed by atoms with E-state index >= 15 is 0 Å². The van der Waals surface area contributed by atoms with E-state index in [9.17, 15) is 42.8 Å². The third kappa shape index (κ3) is 22.1. The monoisotopic (exact) mass is 1990 g/mol. The van der Waals surface area contributed by atoms with Crippen molar-refractivity contribution in [3.05, 3.63) is 379 Å². The van der Waals surface area contributed by atoms with Crippen LogP contribution in [0.1, 0.15) is 126 Å². The Bertz CT molecular complexity index is 7450. The fourth-order valence-electron chi connectivity index (χ4n) is 17.5. The van der Waals surface area contributed by atoms with E-state index in [1.54, 1.807) is 125 Å². The number of benzene rings is 10. The largest absolute Gasteiger partial charge is 0.497 e. The fourth-order valence-corrected chi connectivity index (χ4v) is 20.9. The highest BCUT2D eigenvalue weighted by atomic mass is 32.1. The van der Waals surface area contributed by atoms with E-state index in [1.807, 2.05) is 240 Å². The number of methoxy groups -OCH3 is 1. The number of ether oxygens (including phenoxy) is 2. The molecule has 27 nitrogen and oxygen atoms in total. The van der Waals surface area contributed by atoms with Gasteiger partial charge in [-0.15, -0.1) is 34.0 Å². The van der Waals surface area contributed by atoms with Crippen molar-refractivity contribution in [3.63, 3.8) is 0 Å². The molecule has 6 amide bonds. The van der Waals surface area contributed by atoms with Crippen molar-refractivity contribution >= 4 is 116 Å². The minimum Gasteiger partial charge on any atom is -0.497 e. The average Bonchev–Trinajstić information content (AvgIpc) is 1.58. The van der Waals surface area contributed by atoms with Crippen LogP contribution in [0.3, 0.4) is 0 Å². The molecule has 14 aromatic rings. The predicted octanol–water partition coefficient (Wildman–Crippen LogP) is 19.3. The van der Waals surface area contributed by atoms with Crippen molar-refractivity contribution in [2.75, 3.05) is 41.8 Å². The van der Waals surface area contributed by atoms with Gasteiger partial charge in [0, 0.05) is 78.2 Å². The molecule has 32 heteroatoms. The summed E-state index contributed by atoms with van der Waals surface area (Å²) in [6.07, 6.45) is 6.06. The summed E-state index contributed by atoms with van der Waals surface area (Å²) in [6.45, 7) is 11.9. The lowest BCUT2D eigenvalue weighted by molar-refractivity contribution is -0.134. The maximum Gasteiger partial charge on any atom is 0.407 e. The highest BCUT2D eigenvalue weighted by Crippen LogP contribution is 2.49. The molecule has 0 aliphatic carbocycles. The molecular weight excluding hydrogens is 1890 g/mol. The summed E-state index contributed by atoms with van der Waals surface area (Å²) in [5, 5.41) is 23.8. The Hall–Kier alpha value is -16.8. The van der Waals surface area contributed by atoms with Gasteiger partial charge in [-0.1, -0.05) is 212 Å². The number of nitrogens with two attached hydrogens (primary N) is 5. The second-order valence-corrected chi connectivity index (χ2v) is 39.6. The van der Waals surface area contributed by atoms with E-state index in [0.717, 1.165) is 99.2 Å². The number of likely N-dealkylation sites (N-methyl/N-ethyl adjacent to an activating group) is 1. The Balaban J connectivity index is 0.000000137. The van der Waals surface area contributed by atoms with Crippen molar-refractivity contribution < 1.29 is 51.4 Å². The minimum absolute atomic E-state index is 0.0159. The first kappa shape index (κ1) is 103. The first-order chi connectivity index (χ1) is 69.4. The van der Waals surface area contributed by atoms with Crippen molar-refractivity contribution in [2.24, 2.45) is 59.5 Å². The topological polar surface area (TPSA) is 402 Å². The number of furan rings is 1. The summed E-state index contributed by atoms with van der Waals surface area (Å²) in [4.78, 5) is 109. The quantitative estimate of drug-likeness (QED) is 0.0413. The number of alkyl carbamates (subject to hydrolysis) is 1. The molecule has 736 valence electrons. The Kier molecular flexibility index (Phi) is 30.7. The summed E-state index contributed by atoms with van der Waals surface area (Å²) in [5.41, 5.74) is 37.4. The van der Waals surface area contributed by atoms with E-state index < -0.39 is 45.3 Å². The first-order valence-corrected chi connectivity index (χ1v) is 48.9. The van der Waals surface area contributed by atoms with Crippen molar-refractivity contribution in [1.29, 1.82) is 10.5 Å². The second-order valence-electron chi connectivity index (χ2n) is 36.7. The molecule has 19 rings (SSSR count). The molecule has 10 aromatic carbocycles. The molecule has 5 aliphatic heterocycles. The standard InChI is InChI=1S/C28H30N4O3.C26H23FN4OS.C21H21N3O2S.C21H19N3O2.C17H15FN4OS/c1-27(2,3)35-26(34)30-18-19-10-8-11-20(16-19)21-12-9-15-23(17-21)28(22-13-6-5-7-14-22)24(33)32(4)25(29)31-28;1-26(23-14-20(16-33-23)19-10-5-7-17(13-19)15-28)21(24(32)31(2)25(29)30-26)11-6-9-18-8-3-4-12-22(18)27;1-21(12-18(25)24(2)20(22)23-21)17-11-14-5-4-6-16(19(14)27-17)13-7-9-15(26-3)10-8-13;22-20-23-21(16-8-3-1-4-9-16,17-10-5-2-6-11-17)19(25)24(20)14-13-18-12-7-15-26-18;1-17(8-14(23)22(2)16(20)21-17)13-7-12(15(18)24-13)11-5-3-4-10(6-11)9-19/h5-17H,18H2,1-4H3,(H2,29,31)(H,30,34);3-10,12-14,16,21H,11H2,1-2H3,(H2,29,30);4-11H,12H2,1-3H3,(H2,22,23);1-12,15H,13-14H2,(H2,22,23);3-7H,8H2,1-2H3,(H2,20,21)/b;9-6+;;;/t;21?,26-;21-;;17-/m.00.0/s1. The van der Waals surface area contributed by atoms with Crippen LogP contribution in [0.5, 0.6) is 5.75 Å². The van der Waals surface area contributed by atoms with Gasteiger partial charge in [-0.3, -0.25) is 48.5 Å². The van der Waals surface area contributed by atoms with Gasteiger partial charge < -0.3 is 47.9 Å². The zero-order valence-corrected chi connectivity index (χ0v) is 84.1. The molecule has 0 saturated carbocycles. The van der Waals surface area contributed by atoms with Gasteiger partial charge in [0.1, 0.15) is 39.5 Å². The van der Waals surface area contributed by atoms with Crippen LogP contribution < -0.4 is 38.7 Å². The minimum atomic E-state index is -1.24. The van der Waals surface area contributed by atoms with Crippen LogP contribution in [0.2, 0.25) is 0 Å². The third-order valence-electron chi connectivity index (χ3n) is 25.6. The molecule has 4 aromatic heterocycles. The number of allylic oxidation sites excluding steroid dienone is 1. The highest BCUT2D eigenvalue weighted by molar-refractivity contribution is 7.19. The fraction of sp³-hybridized carbons (Fsp3) is 0.212. The normalized spacial score (nSPS) is 19.0. The highest BCUT2D eigenvalue weighted by Gasteiger charge is 2.53. The van der Waals surface area contributed by atoms with Gasteiger partial charge in [0.05, 0.1) is 55.4 Å². The lowest BCUT2D eigenvalue weighted by Gasteiger charge is -2.39. The predicted molar refractivity (Wildman–Crippen MR) is 567 cm³/mol. The van der Waals surface area contributed by atoms with E-state index in [0.29, 0.717) is 65.0 Å². The number of fused-ring (bicyclic) bond motifs is 1. The molecule has 0 bridgehead atoms. The molecule has 0 fully saturated rings. The molecule has 0 spiro atoms. The zero-order chi connectivity index (χ0) is 103. The smallest absolute Gasteiger partial charge is 0.407 e. The van der Waals surface area contributed by atoms with Gasteiger partial charge >= 0.3 is 6.09 Å². The van der Waals surface area contributed by atoms with Gasteiger partial charge in [0.25, 0.3) is 11.8 Å². The number of hydrogen-bond donors (Lipinski definition) is 6. The number of nitrogens with one attached hydrogen (secondary N) is 1. The number of nitrogens with zero attached hydrogens (tertiary/aromatic N) is 12. The van der Waals surface area contributed by atoms with Gasteiger partial charge in [0.15, 0.2) is 46.0 Å². The molecule has 0 saturated heterocycles. The van der Waals surface area contributed by atoms with Crippen LogP contribution in [0.25, 0.3) is 60.7 Å². The lowest BCUT2D eigenvalue weighted by atomic mass is 9.79. The van der Waals surface area contributed by atoms with E-state index in [2.05, 4.69) is 67.8 Å². The molecule has 0 radical (unpaired) electrons. The molecule has 9 heterocycles. The van der Waals surface area contributed by atoms with Crippen LogP contribution in [-0.4, -0.2) is 137 Å². The summed E-state index contributed by atoms with van der Waals surface area (Å²) >= 11 is 4.13. The number of aliphatic imine (C=N–C) groups is 5. The number of halogens is 2. The van der Waals surface area contributed by atoms with E-state index in [4.69, 9.17) is 52.8 Å². The maximum atomic E-state index is 14.5. The zero-order valence-electron chi connectivity index (χ0n) is 81.7. The molecule has 5 aliphatic rings.